The summed E-state index contributed by atoms with van der Waals surface area (Å²) in [4.78, 5) is 0. The maximum absolute atomic E-state index is 6.29. The molecule has 0 radical (unpaired) electrons. The minimum atomic E-state index is 0.0492. The van der Waals surface area contributed by atoms with Crippen molar-refractivity contribution in [3.63, 3.8) is 0 Å². The van der Waals surface area contributed by atoms with Gasteiger partial charge in [-0.25, -0.2) is 0 Å². The van der Waals surface area contributed by atoms with Crippen molar-refractivity contribution in [1.29, 1.82) is 0 Å². The number of hydrogen-bond donors (Lipinski definition) is 1. The summed E-state index contributed by atoms with van der Waals surface area (Å²) in [5.41, 5.74) is 6.29. The molecule has 1 aromatic heterocycles. The van der Waals surface area contributed by atoms with Gasteiger partial charge in [0.2, 0.25) is 0 Å². The highest BCUT2D eigenvalue weighted by Gasteiger charge is 2.26. The number of ether oxygens (including phenoxy) is 1. The van der Waals surface area contributed by atoms with Gasteiger partial charge in [-0.1, -0.05) is 19.8 Å². The van der Waals surface area contributed by atoms with Crippen molar-refractivity contribution in [2.24, 2.45) is 17.6 Å². The number of furan rings is 1. The van der Waals surface area contributed by atoms with E-state index in [1.54, 1.807) is 7.11 Å². The molecule has 0 amide bonds. The standard InChI is InChI=1S/C14H23NO2/c1-10-3-5-11(6-4-10)14(15)13-8-7-12(17-13)9-16-2/h7-8,10-11,14H,3-6,9,15H2,1-2H3. The summed E-state index contributed by atoms with van der Waals surface area (Å²) in [7, 11) is 1.67. The molecule has 0 spiro atoms. The Hall–Kier alpha value is -0.800. The third kappa shape index (κ3) is 3.11. The zero-order chi connectivity index (χ0) is 12.3. The number of nitrogens with two attached hydrogens (primary N) is 1. The Bertz CT molecular complexity index is 340. The summed E-state index contributed by atoms with van der Waals surface area (Å²) >= 11 is 0. The molecular weight excluding hydrogens is 214 g/mol. The summed E-state index contributed by atoms with van der Waals surface area (Å²) in [6.45, 7) is 2.85. The van der Waals surface area contributed by atoms with E-state index in [2.05, 4.69) is 6.92 Å². The van der Waals surface area contributed by atoms with E-state index in [0.717, 1.165) is 17.4 Å². The van der Waals surface area contributed by atoms with Crippen molar-refractivity contribution in [1.82, 2.24) is 0 Å². The van der Waals surface area contributed by atoms with Crippen molar-refractivity contribution in [2.45, 2.75) is 45.3 Å². The molecule has 1 atom stereocenters. The van der Waals surface area contributed by atoms with Gasteiger partial charge in [0.25, 0.3) is 0 Å². The van der Waals surface area contributed by atoms with E-state index in [0.29, 0.717) is 12.5 Å². The lowest BCUT2D eigenvalue weighted by molar-refractivity contribution is 0.159. The largest absolute Gasteiger partial charge is 0.462 e. The van der Waals surface area contributed by atoms with Gasteiger partial charge < -0.3 is 14.9 Å². The van der Waals surface area contributed by atoms with Crippen molar-refractivity contribution in [2.75, 3.05) is 7.11 Å². The second kappa shape index (κ2) is 5.69. The molecule has 0 bridgehead atoms. The van der Waals surface area contributed by atoms with Crippen LogP contribution in [0.5, 0.6) is 0 Å². The molecule has 1 aliphatic rings. The molecule has 1 saturated carbocycles. The number of rotatable bonds is 4. The Morgan fingerprint density at radius 3 is 2.71 bits per heavy atom. The van der Waals surface area contributed by atoms with E-state index in [4.69, 9.17) is 14.9 Å². The van der Waals surface area contributed by atoms with Crippen molar-refractivity contribution < 1.29 is 9.15 Å². The predicted octanol–water partition coefficient (Wildman–Crippen LogP) is 3.25. The topological polar surface area (TPSA) is 48.4 Å². The van der Waals surface area contributed by atoms with Crippen LogP contribution >= 0.6 is 0 Å². The molecule has 2 rings (SSSR count). The van der Waals surface area contributed by atoms with Crippen LogP contribution in [0.2, 0.25) is 0 Å². The van der Waals surface area contributed by atoms with Gasteiger partial charge in [-0.3, -0.25) is 0 Å². The molecule has 2 N–H and O–H groups in total. The highest BCUT2D eigenvalue weighted by molar-refractivity contribution is 5.11. The van der Waals surface area contributed by atoms with E-state index in [-0.39, 0.29) is 6.04 Å². The van der Waals surface area contributed by atoms with Crippen LogP contribution in [0.1, 0.15) is 50.2 Å². The summed E-state index contributed by atoms with van der Waals surface area (Å²) in [6.07, 6.45) is 5.04. The Morgan fingerprint density at radius 2 is 2.06 bits per heavy atom. The molecule has 0 aromatic carbocycles. The van der Waals surface area contributed by atoms with E-state index in [1.165, 1.54) is 25.7 Å². The van der Waals surface area contributed by atoms with E-state index >= 15 is 0 Å². The first-order valence-corrected chi connectivity index (χ1v) is 6.54. The summed E-state index contributed by atoms with van der Waals surface area (Å²) in [5, 5.41) is 0. The van der Waals surface area contributed by atoms with Crippen LogP contribution in [-0.4, -0.2) is 7.11 Å². The molecule has 17 heavy (non-hydrogen) atoms. The Labute approximate surface area is 103 Å². The smallest absolute Gasteiger partial charge is 0.129 e. The highest BCUT2D eigenvalue weighted by atomic mass is 16.5. The average Bonchev–Trinajstić information content (AvgIpc) is 2.78. The first kappa shape index (κ1) is 12.7. The Balaban J connectivity index is 1.96. The van der Waals surface area contributed by atoms with Gasteiger partial charge in [-0.05, 0) is 36.8 Å². The fraction of sp³-hybridized carbons (Fsp3) is 0.714. The van der Waals surface area contributed by atoms with Crippen LogP contribution in [0, 0.1) is 11.8 Å². The molecule has 1 aliphatic carbocycles. The fourth-order valence-electron chi connectivity index (χ4n) is 2.67. The third-order valence-corrected chi connectivity index (χ3v) is 3.87. The summed E-state index contributed by atoms with van der Waals surface area (Å²) < 4.78 is 10.8. The second-order valence-electron chi connectivity index (χ2n) is 5.28. The van der Waals surface area contributed by atoms with Gasteiger partial charge in [-0.2, -0.15) is 0 Å². The fourth-order valence-corrected chi connectivity index (χ4v) is 2.67. The molecule has 3 heteroatoms. The zero-order valence-corrected chi connectivity index (χ0v) is 10.8. The number of methoxy groups -OCH3 is 1. The van der Waals surface area contributed by atoms with Gasteiger partial charge in [0.1, 0.15) is 18.1 Å². The SMILES string of the molecule is COCc1ccc(C(N)C2CCC(C)CC2)o1. The van der Waals surface area contributed by atoms with Crippen LogP contribution < -0.4 is 5.73 Å². The van der Waals surface area contributed by atoms with Crippen LogP contribution in [0.25, 0.3) is 0 Å². The molecule has 1 fully saturated rings. The quantitative estimate of drug-likeness (QED) is 0.874. The first-order chi connectivity index (χ1) is 8.20. The van der Waals surface area contributed by atoms with Crippen LogP contribution in [-0.2, 0) is 11.3 Å². The molecule has 96 valence electrons. The monoisotopic (exact) mass is 237 g/mol. The lowest BCUT2D eigenvalue weighted by Gasteiger charge is -2.29. The Kier molecular flexibility index (Phi) is 4.24. The zero-order valence-electron chi connectivity index (χ0n) is 10.8. The minimum absolute atomic E-state index is 0.0492. The number of hydrogen-bond acceptors (Lipinski definition) is 3. The molecule has 3 nitrogen and oxygen atoms in total. The predicted molar refractivity (Wildman–Crippen MR) is 67.5 cm³/mol. The van der Waals surface area contributed by atoms with E-state index in [1.807, 2.05) is 12.1 Å². The van der Waals surface area contributed by atoms with Gasteiger partial charge in [-0.15, -0.1) is 0 Å². The molecule has 0 saturated heterocycles. The van der Waals surface area contributed by atoms with Crippen LogP contribution in [0.3, 0.4) is 0 Å². The maximum atomic E-state index is 6.29. The van der Waals surface area contributed by atoms with Gasteiger partial charge in [0, 0.05) is 7.11 Å². The molecule has 1 heterocycles. The normalized spacial score (nSPS) is 27.0. The molecule has 1 aromatic rings. The molecule has 1 unspecified atom stereocenters. The summed E-state index contributed by atoms with van der Waals surface area (Å²) in [5.74, 6) is 3.21. The molecular formula is C14H23NO2. The highest BCUT2D eigenvalue weighted by Crippen LogP contribution is 2.35. The average molecular weight is 237 g/mol. The van der Waals surface area contributed by atoms with Gasteiger partial charge in [0.05, 0.1) is 6.04 Å². The molecule has 0 aliphatic heterocycles. The van der Waals surface area contributed by atoms with Gasteiger partial charge in [0.15, 0.2) is 0 Å². The maximum Gasteiger partial charge on any atom is 0.129 e. The van der Waals surface area contributed by atoms with Crippen LogP contribution in [0.4, 0.5) is 0 Å². The van der Waals surface area contributed by atoms with Crippen molar-refractivity contribution in [3.8, 4) is 0 Å². The lowest BCUT2D eigenvalue weighted by atomic mass is 9.79. The van der Waals surface area contributed by atoms with E-state index in [9.17, 15) is 0 Å². The lowest BCUT2D eigenvalue weighted by Crippen LogP contribution is -2.25. The van der Waals surface area contributed by atoms with Crippen molar-refractivity contribution in [3.05, 3.63) is 23.7 Å². The minimum Gasteiger partial charge on any atom is -0.462 e. The first-order valence-electron chi connectivity index (χ1n) is 6.54. The third-order valence-electron chi connectivity index (χ3n) is 3.87. The second-order valence-corrected chi connectivity index (χ2v) is 5.28. The van der Waals surface area contributed by atoms with Crippen LogP contribution in [0.15, 0.2) is 16.5 Å². The Morgan fingerprint density at radius 1 is 1.35 bits per heavy atom. The van der Waals surface area contributed by atoms with E-state index < -0.39 is 0 Å². The van der Waals surface area contributed by atoms with Gasteiger partial charge >= 0.3 is 0 Å². The van der Waals surface area contributed by atoms with Crippen molar-refractivity contribution >= 4 is 0 Å². The summed E-state index contributed by atoms with van der Waals surface area (Å²) in [6, 6.07) is 4.01.